The van der Waals surface area contributed by atoms with Crippen LogP contribution in [0.3, 0.4) is 0 Å². The van der Waals surface area contributed by atoms with Crippen LogP contribution in [0.1, 0.15) is 43.1 Å². The lowest BCUT2D eigenvalue weighted by Gasteiger charge is -2.25. The third-order valence-electron chi connectivity index (χ3n) is 4.48. The minimum absolute atomic E-state index is 0.158. The molecule has 0 aliphatic carbocycles. The zero-order valence-corrected chi connectivity index (χ0v) is 14.8. The number of ether oxygens (including phenoxy) is 1. The fourth-order valence-electron chi connectivity index (χ4n) is 3.20. The smallest absolute Gasteiger partial charge is 0.128 e. The zero-order chi connectivity index (χ0) is 17.5. The van der Waals surface area contributed by atoms with Gasteiger partial charge in [0, 0.05) is 56.2 Å². The minimum atomic E-state index is -0.158. The first-order valence-corrected chi connectivity index (χ1v) is 9.11. The van der Waals surface area contributed by atoms with Crippen LogP contribution >= 0.6 is 0 Å². The zero-order valence-electron chi connectivity index (χ0n) is 14.8. The van der Waals surface area contributed by atoms with Gasteiger partial charge in [-0.2, -0.15) is 0 Å². The van der Waals surface area contributed by atoms with Crippen molar-refractivity contribution in [3.63, 3.8) is 0 Å². The van der Waals surface area contributed by atoms with E-state index in [-0.39, 0.29) is 11.9 Å². The molecular weight excluding hydrogens is 317 g/mol. The number of aromatic nitrogens is 2. The van der Waals surface area contributed by atoms with Gasteiger partial charge in [-0.25, -0.2) is 14.4 Å². The van der Waals surface area contributed by atoms with Gasteiger partial charge in [0.2, 0.25) is 0 Å². The van der Waals surface area contributed by atoms with Crippen LogP contribution in [-0.2, 0) is 24.2 Å². The van der Waals surface area contributed by atoms with Crippen LogP contribution in [0.15, 0.2) is 36.7 Å². The van der Waals surface area contributed by atoms with Crippen molar-refractivity contribution in [1.82, 2.24) is 14.9 Å². The lowest BCUT2D eigenvalue weighted by atomic mass is 10.1. The van der Waals surface area contributed by atoms with Gasteiger partial charge in [0.25, 0.3) is 0 Å². The summed E-state index contributed by atoms with van der Waals surface area (Å²) in [5.74, 6) is 0.723. The van der Waals surface area contributed by atoms with Crippen LogP contribution in [0.25, 0.3) is 0 Å². The molecule has 1 unspecified atom stereocenters. The van der Waals surface area contributed by atoms with Crippen molar-refractivity contribution in [3.8, 4) is 0 Å². The van der Waals surface area contributed by atoms with Gasteiger partial charge in [-0.05, 0) is 25.3 Å². The number of benzene rings is 1. The highest BCUT2D eigenvalue weighted by atomic mass is 19.1. The van der Waals surface area contributed by atoms with Crippen molar-refractivity contribution in [2.45, 2.75) is 51.8 Å². The summed E-state index contributed by atoms with van der Waals surface area (Å²) in [6.45, 7) is 5.00. The van der Waals surface area contributed by atoms with E-state index in [1.807, 2.05) is 24.5 Å². The summed E-state index contributed by atoms with van der Waals surface area (Å²) >= 11 is 0. The van der Waals surface area contributed by atoms with Crippen molar-refractivity contribution in [3.05, 3.63) is 59.4 Å². The van der Waals surface area contributed by atoms with Crippen LogP contribution in [-0.4, -0.2) is 34.1 Å². The Morgan fingerprint density at radius 1 is 1.20 bits per heavy atom. The minimum Gasteiger partial charge on any atom is -0.377 e. The van der Waals surface area contributed by atoms with Gasteiger partial charge in [0.05, 0.1) is 6.10 Å². The summed E-state index contributed by atoms with van der Waals surface area (Å²) in [5, 5.41) is 0. The molecule has 1 aromatic heterocycles. The molecule has 1 aliphatic heterocycles. The van der Waals surface area contributed by atoms with E-state index in [4.69, 9.17) is 4.74 Å². The second kappa shape index (κ2) is 9.02. The molecule has 3 rings (SSSR count). The molecule has 1 aromatic carbocycles. The van der Waals surface area contributed by atoms with Crippen LogP contribution in [0.4, 0.5) is 4.39 Å². The summed E-state index contributed by atoms with van der Waals surface area (Å²) < 4.78 is 19.8. The van der Waals surface area contributed by atoms with Crippen LogP contribution in [0, 0.1) is 5.82 Å². The lowest BCUT2D eigenvalue weighted by Crippen LogP contribution is -2.31. The molecule has 0 N–H and O–H groups in total. The molecule has 134 valence electrons. The molecule has 1 saturated heterocycles. The van der Waals surface area contributed by atoms with Gasteiger partial charge in [0.1, 0.15) is 11.6 Å². The standard InChI is InChI=1S/C20H26FN3O/c1-2-6-20-22-11-16(12-23-20)13-24(15-18-8-5-10-25-18)14-17-7-3-4-9-19(17)21/h3-4,7,9,11-12,18H,2,5-6,8,10,13-15H2,1H3. The van der Waals surface area contributed by atoms with E-state index in [2.05, 4.69) is 21.8 Å². The average Bonchev–Trinajstić information content (AvgIpc) is 3.12. The molecule has 1 fully saturated rings. The number of nitrogens with zero attached hydrogens (tertiary/aromatic N) is 3. The highest BCUT2D eigenvalue weighted by molar-refractivity contribution is 5.17. The highest BCUT2D eigenvalue weighted by Crippen LogP contribution is 2.18. The maximum Gasteiger partial charge on any atom is 0.128 e. The maximum absolute atomic E-state index is 14.1. The molecule has 2 aromatic rings. The van der Waals surface area contributed by atoms with Crippen molar-refractivity contribution >= 4 is 0 Å². The molecule has 0 amide bonds. The number of hydrogen-bond donors (Lipinski definition) is 0. The summed E-state index contributed by atoms with van der Waals surface area (Å²) in [4.78, 5) is 11.1. The molecule has 0 spiro atoms. The highest BCUT2D eigenvalue weighted by Gasteiger charge is 2.20. The first-order chi connectivity index (χ1) is 12.2. The molecule has 2 heterocycles. The first kappa shape index (κ1) is 18.0. The SMILES string of the molecule is CCCc1ncc(CN(Cc2ccccc2F)CC2CCCO2)cn1. The van der Waals surface area contributed by atoms with E-state index < -0.39 is 0 Å². The number of halogens is 1. The van der Waals surface area contributed by atoms with Crippen molar-refractivity contribution in [2.24, 2.45) is 0 Å². The second-order valence-corrected chi connectivity index (χ2v) is 6.65. The Balaban J connectivity index is 1.69. The summed E-state index contributed by atoms with van der Waals surface area (Å²) in [6.07, 6.45) is 8.12. The van der Waals surface area contributed by atoms with Crippen LogP contribution in [0.2, 0.25) is 0 Å². The number of hydrogen-bond acceptors (Lipinski definition) is 4. The molecule has 0 saturated carbocycles. The third kappa shape index (κ3) is 5.31. The van der Waals surface area contributed by atoms with Gasteiger partial charge in [0.15, 0.2) is 0 Å². The number of rotatable bonds is 8. The van der Waals surface area contributed by atoms with E-state index >= 15 is 0 Å². The Hall–Kier alpha value is -1.85. The molecule has 1 atom stereocenters. The summed E-state index contributed by atoms with van der Waals surface area (Å²) in [5.41, 5.74) is 1.76. The Morgan fingerprint density at radius 2 is 2.00 bits per heavy atom. The monoisotopic (exact) mass is 343 g/mol. The Kier molecular flexibility index (Phi) is 6.48. The Labute approximate surface area is 149 Å². The number of aryl methyl sites for hydroxylation is 1. The second-order valence-electron chi connectivity index (χ2n) is 6.65. The molecule has 1 aliphatic rings. The third-order valence-corrected chi connectivity index (χ3v) is 4.48. The molecule has 5 heteroatoms. The van der Waals surface area contributed by atoms with Gasteiger partial charge in [-0.1, -0.05) is 25.1 Å². The van der Waals surface area contributed by atoms with Crippen molar-refractivity contribution < 1.29 is 9.13 Å². The van der Waals surface area contributed by atoms with Gasteiger partial charge in [-0.15, -0.1) is 0 Å². The molecule has 4 nitrogen and oxygen atoms in total. The topological polar surface area (TPSA) is 38.2 Å². The van der Waals surface area contributed by atoms with Gasteiger partial charge in [-0.3, -0.25) is 4.90 Å². The van der Waals surface area contributed by atoms with E-state index in [1.165, 1.54) is 6.07 Å². The average molecular weight is 343 g/mol. The van der Waals surface area contributed by atoms with Crippen LogP contribution in [0.5, 0.6) is 0 Å². The van der Waals surface area contributed by atoms with Gasteiger partial charge >= 0.3 is 0 Å². The predicted octanol–water partition coefficient (Wildman–Crippen LogP) is 3.75. The van der Waals surface area contributed by atoms with E-state index in [1.54, 1.807) is 6.07 Å². The first-order valence-electron chi connectivity index (χ1n) is 9.11. The molecule has 0 radical (unpaired) electrons. The fourth-order valence-corrected chi connectivity index (χ4v) is 3.20. The Bertz CT molecular complexity index is 656. The van der Waals surface area contributed by atoms with E-state index in [0.29, 0.717) is 18.7 Å². The van der Waals surface area contributed by atoms with E-state index in [9.17, 15) is 4.39 Å². The lowest BCUT2D eigenvalue weighted by molar-refractivity contribution is 0.0674. The normalized spacial score (nSPS) is 17.3. The Morgan fingerprint density at radius 3 is 2.68 bits per heavy atom. The summed E-state index contributed by atoms with van der Waals surface area (Å²) in [6, 6.07) is 6.97. The molecule has 25 heavy (non-hydrogen) atoms. The largest absolute Gasteiger partial charge is 0.377 e. The van der Waals surface area contributed by atoms with Crippen molar-refractivity contribution in [1.29, 1.82) is 0 Å². The molecular formula is C20H26FN3O. The fraction of sp³-hybridized carbons (Fsp3) is 0.500. The predicted molar refractivity (Wildman–Crippen MR) is 95.5 cm³/mol. The summed E-state index contributed by atoms with van der Waals surface area (Å²) in [7, 11) is 0. The van der Waals surface area contributed by atoms with Gasteiger partial charge < -0.3 is 4.74 Å². The molecule has 0 bridgehead atoms. The van der Waals surface area contributed by atoms with E-state index in [0.717, 1.165) is 50.2 Å². The van der Waals surface area contributed by atoms with Crippen molar-refractivity contribution in [2.75, 3.05) is 13.2 Å². The maximum atomic E-state index is 14.1. The van der Waals surface area contributed by atoms with Crippen LogP contribution < -0.4 is 0 Å². The quantitative estimate of drug-likeness (QED) is 0.732.